The highest BCUT2D eigenvalue weighted by atomic mass is 127. The monoisotopic (exact) mass is 549 g/mol. The fraction of sp³-hybridized carbons (Fsp3) is 0.520. The summed E-state index contributed by atoms with van der Waals surface area (Å²) in [4.78, 5) is 11.9. The van der Waals surface area contributed by atoms with Crippen molar-refractivity contribution in [3.05, 3.63) is 59.8 Å². The number of pyridine rings is 1. The van der Waals surface area contributed by atoms with E-state index in [0.29, 0.717) is 12.0 Å². The van der Waals surface area contributed by atoms with E-state index in [-0.39, 0.29) is 30.1 Å². The molecule has 2 unspecified atom stereocenters. The fourth-order valence-electron chi connectivity index (χ4n) is 4.45. The summed E-state index contributed by atoms with van der Waals surface area (Å²) in [5.74, 6) is 2.43. The lowest BCUT2D eigenvalue weighted by molar-refractivity contribution is 0.0925. The average Bonchev–Trinajstić information content (AvgIpc) is 3.28. The van der Waals surface area contributed by atoms with E-state index in [2.05, 4.69) is 76.8 Å². The molecule has 6 nitrogen and oxygen atoms in total. The molecule has 0 radical (unpaired) electrons. The van der Waals surface area contributed by atoms with Gasteiger partial charge in [0.15, 0.2) is 5.96 Å². The van der Waals surface area contributed by atoms with E-state index in [1.165, 1.54) is 11.1 Å². The van der Waals surface area contributed by atoms with Crippen LogP contribution in [0, 0.1) is 12.8 Å². The third kappa shape index (κ3) is 6.57. The van der Waals surface area contributed by atoms with Crippen LogP contribution in [0.1, 0.15) is 43.4 Å². The van der Waals surface area contributed by atoms with Crippen LogP contribution in [-0.4, -0.2) is 49.8 Å². The number of guanidine groups is 1. The number of nitrogens with zero attached hydrogens (tertiary/aromatic N) is 3. The van der Waals surface area contributed by atoms with Gasteiger partial charge < -0.3 is 20.3 Å². The van der Waals surface area contributed by atoms with Crippen molar-refractivity contribution >= 4 is 35.8 Å². The van der Waals surface area contributed by atoms with Gasteiger partial charge in [-0.1, -0.05) is 36.4 Å². The lowest BCUT2D eigenvalue weighted by atomic mass is 9.95. The van der Waals surface area contributed by atoms with Crippen LogP contribution in [-0.2, 0) is 4.74 Å². The van der Waals surface area contributed by atoms with E-state index in [4.69, 9.17) is 9.73 Å². The number of aromatic nitrogens is 1. The molecule has 2 aromatic rings. The molecular weight excluding hydrogens is 513 g/mol. The van der Waals surface area contributed by atoms with Crippen LogP contribution in [0.5, 0.6) is 0 Å². The number of halogens is 1. The normalized spacial score (nSPS) is 21.8. The van der Waals surface area contributed by atoms with Gasteiger partial charge >= 0.3 is 0 Å². The molecule has 0 aliphatic carbocycles. The Balaban J connectivity index is 0.00000289. The Labute approximate surface area is 209 Å². The number of aliphatic imine (C=N–C) groups is 1. The van der Waals surface area contributed by atoms with Crippen LogP contribution in [0.15, 0.2) is 53.7 Å². The van der Waals surface area contributed by atoms with Crippen LogP contribution < -0.4 is 15.5 Å². The SMILES string of the molecule is CCNC(=NCC1CCOC1c1ccccc1)NC1CCN(c2ccc(C)cn2)CC1.I. The van der Waals surface area contributed by atoms with Gasteiger partial charge in [-0.05, 0) is 50.3 Å². The highest BCUT2D eigenvalue weighted by Gasteiger charge is 2.29. The minimum Gasteiger partial charge on any atom is -0.373 e. The van der Waals surface area contributed by atoms with Crippen molar-refractivity contribution in [1.29, 1.82) is 0 Å². The largest absolute Gasteiger partial charge is 0.373 e. The van der Waals surface area contributed by atoms with E-state index in [1.807, 2.05) is 6.20 Å². The highest BCUT2D eigenvalue weighted by molar-refractivity contribution is 14.0. The predicted molar refractivity (Wildman–Crippen MR) is 142 cm³/mol. The molecule has 3 heterocycles. The lowest BCUT2D eigenvalue weighted by Crippen LogP contribution is -2.49. The van der Waals surface area contributed by atoms with E-state index in [9.17, 15) is 0 Å². The molecule has 0 spiro atoms. The first-order valence-corrected chi connectivity index (χ1v) is 11.6. The molecule has 2 atom stereocenters. The Morgan fingerprint density at radius 3 is 2.59 bits per heavy atom. The Hall–Kier alpha value is -1.87. The molecule has 2 N–H and O–H groups in total. The Bertz CT molecular complexity index is 837. The van der Waals surface area contributed by atoms with Crippen LogP contribution in [0.3, 0.4) is 0 Å². The van der Waals surface area contributed by atoms with Gasteiger partial charge in [0.05, 0.1) is 6.10 Å². The third-order valence-corrected chi connectivity index (χ3v) is 6.23. The molecule has 2 fully saturated rings. The molecule has 0 bridgehead atoms. The van der Waals surface area contributed by atoms with Crippen LogP contribution >= 0.6 is 24.0 Å². The second-order valence-corrected chi connectivity index (χ2v) is 8.57. The average molecular weight is 550 g/mol. The smallest absolute Gasteiger partial charge is 0.191 e. The first kappa shape index (κ1) is 24.8. The highest BCUT2D eigenvalue weighted by Crippen LogP contribution is 2.34. The first-order valence-electron chi connectivity index (χ1n) is 11.6. The van der Waals surface area contributed by atoms with Crippen LogP contribution in [0.25, 0.3) is 0 Å². The molecule has 0 amide bonds. The van der Waals surface area contributed by atoms with Crippen molar-refractivity contribution in [1.82, 2.24) is 15.6 Å². The number of hydrogen-bond donors (Lipinski definition) is 2. The molecular formula is C25H36IN5O. The van der Waals surface area contributed by atoms with Gasteiger partial charge in [-0.25, -0.2) is 4.98 Å². The second kappa shape index (κ2) is 12.4. The summed E-state index contributed by atoms with van der Waals surface area (Å²) in [6, 6.07) is 15.2. The minimum absolute atomic E-state index is 0. The van der Waals surface area contributed by atoms with Crippen LogP contribution in [0.2, 0.25) is 0 Å². The number of hydrogen-bond acceptors (Lipinski definition) is 4. The summed E-state index contributed by atoms with van der Waals surface area (Å²) in [6.07, 6.45) is 5.33. The summed E-state index contributed by atoms with van der Waals surface area (Å²) < 4.78 is 6.03. The molecule has 1 aromatic heterocycles. The van der Waals surface area contributed by atoms with Gasteiger partial charge in [-0.3, -0.25) is 4.99 Å². The zero-order chi connectivity index (χ0) is 21.5. The molecule has 4 rings (SSSR count). The zero-order valence-electron chi connectivity index (χ0n) is 19.2. The minimum atomic E-state index is 0. The quantitative estimate of drug-likeness (QED) is 0.320. The van der Waals surface area contributed by atoms with Gasteiger partial charge in [0, 0.05) is 50.9 Å². The fourth-order valence-corrected chi connectivity index (χ4v) is 4.45. The molecule has 32 heavy (non-hydrogen) atoms. The molecule has 2 saturated heterocycles. The topological polar surface area (TPSA) is 61.8 Å². The molecule has 2 aliphatic rings. The van der Waals surface area contributed by atoms with E-state index < -0.39 is 0 Å². The van der Waals surface area contributed by atoms with E-state index >= 15 is 0 Å². The third-order valence-electron chi connectivity index (χ3n) is 6.23. The van der Waals surface area contributed by atoms with Gasteiger partial charge in [0.25, 0.3) is 0 Å². The number of benzene rings is 1. The molecule has 1 aromatic carbocycles. The number of aryl methyl sites for hydroxylation is 1. The summed E-state index contributed by atoms with van der Waals surface area (Å²) >= 11 is 0. The van der Waals surface area contributed by atoms with Gasteiger partial charge in [-0.15, -0.1) is 24.0 Å². The second-order valence-electron chi connectivity index (χ2n) is 8.57. The Morgan fingerprint density at radius 1 is 1.12 bits per heavy atom. The summed E-state index contributed by atoms with van der Waals surface area (Å²) in [6.45, 7) is 8.68. The summed E-state index contributed by atoms with van der Waals surface area (Å²) in [5.41, 5.74) is 2.46. The van der Waals surface area contributed by atoms with Crippen molar-refractivity contribution in [2.24, 2.45) is 10.9 Å². The van der Waals surface area contributed by atoms with Crippen molar-refractivity contribution < 1.29 is 4.74 Å². The molecule has 0 saturated carbocycles. The molecule has 7 heteroatoms. The maximum Gasteiger partial charge on any atom is 0.191 e. The maximum absolute atomic E-state index is 6.03. The van der Waals surface area contributed by atoms with Crippen molar-refractivity contribution in [2.75, 3.05) is 37.7 Å². The number of nitrogens with one attached hydrogen (secondary N) is 2. The number of anilines is 1. The zero-order valence-corrected chi connectivity index (χ0v) is 21.5. The van der Waals surface area contributed by atoms with Crippen molar-refractivity contribution in [3.8, 4) is 0 Å². The van der Waals surface area contributed by atoms with E-state index in [1.54, 1.807) is 0 Å². The summed E-state index contributed by atoms with van der Waals surface area (Å²) in [5, 5.41) is 7.10. The maximum atomic E-state index is 6.03. The van der Waals surface area contributed by atoms with Crippen molar-refractivity contribution in [2.45, 2.75) is 45.3 Å². The number of piperidine rings is 1. The predicted octanol–water partition coefficient (Wildman–Crippen LogP) is 4.31. The van der Waals surface area contributed by atoms with Gasteiger partial charge in [0.2, 0.25) is 0 Å². The van der Waals surface area contributed by atoms with E-state index in [0.717, 1.165) is 63.8 Å². The lowest BCUT2D eigenvalue weighted by Gasteiger charge is -2.34. The number of ether oxygens (including phenoxy) is 1. The standard InChI is InChI=1S/C25H35N5O.HI/c1-3-26-25(28-18-21-13-16-31-24(21)20-7-5-4-6-8-20)29-22-11-14-30(15-12-22)23-10-9-19(2)17-27-23;/h4-10,17,21-22,24H,3,11-16,18H2,1-2H3,(H2,26,28,29);1H. The molecule has 174 valence electrons. The summed E-state index contributed by atoms with van der Waals surface area (Å²) in [7, 11) is 0. The number of rotatable bonds is 6. The van der Waals surface area contributed by atoms with Crippen LogP contribution in [0.4, 0.5) is 5.82 Å². The Morgan fingerprint density at radius 2 is 1.91 bits per heavy atom. The molecule has 2 aliphatic heterocycles. The first-order chi connectivity index (χ1) is 15.2. The van der Waals surface area contributed by atoms with Crippen molar-refractivity contribution in [3.63, 3.8) is 0 Å². The van der Waals surface area contributed by atoms with Gasteiger partial charge in [-0.2, -0.15) is 0 Å². The Kier molecular flexibility index (Phi) is 9.59. The van der Waals surface area contributed by atoms with Gasteiger partial charge in [0.1, 0.15) is 5.82 Å².